The normalized spacial score (nSPS) is 18.7. The quantitative estimate of drug-likeness (QED) is 0.777. The summed E-state index contributed by atoms with van der Waals surface area (Å²) < 4.78 is 10.9. The zero-order chi connectivity index (χ0) is 10.5. The predicted octanol–water partition coefficient (Wildman–Crippen LogP) is 2.23. The van der Waals surface area contributed by atoms with E-state index in [9.17, 15) is 0 Å². The van der Waals surface area contributed by atoms with E-state index >= 15 is 0 Å². The number of nitrogens with zero attached hydrogens (tertiary/aromatic N) is 1. The van der Waals surface area contributed by atoms with Crippen molar-refractivity contribution in [1.82, 2.24) is 4.98 Å². The number of oxazole rings is 1. The minimum atomic E-state index is 0.275. The summed E-state index contributed by atoms with van der Waals surface area (Å²) in [6.45, 7) is 0.400. The van der Waals surface area contributed by atoms with Gasteiger partial charge in [-0.15, -0.1) is 0 Å². The first kappa shape index (κ1) is 10.5. The largest absolute Gasteiger partial charge is 0.447 e. The van der Waals surface area contributed by atoms with Gasteiger partial charge in [0.05, 0.1) is 5.69 Å². The van der Waals surface area contributed by atoms with Crippen LogP contribution in [-0.4, -0.2) is 11.1 Å². The molecule has 0 aromatic carbocycles. The summed E-state index contributed by atoms with van der Waals surface area (Å²) in [4.78, 5) is 4.14. The fraction of sp³-hybridized carbons (Fsp3) is 0.727. The van der Waals surface area contributed by atoms with Crippen LogP contribution in [0, 0.1) is 0 Å². The zero-order valence-electron chi connectivity index (χ0n) is 8.95. The molecule has 0 unspecified atom stereocenters. The van der Waals surface area contributed by atoms with Gasteiger partial charge in [0.2, 0.25) is 0 Å². The highest BCUT2D eigenvalue weighted by Gasteiger charge is 2.16. The molecule has 0 amide bonds. The predicted molar refractivity (Wildman–Crippen MR) is 56.5 cm³/mol. The minimum absolute atomic E-state index is 0.275. The summed E-state index contributed by atoms with van der Waals surface area (Å²) in [5.41, 5.74) is 6.19. The Morgan fingerprint density at radius 2 is 2.07 bits per heavy atom. The lowest BCUT2D eigenvalue weighted by atomic mass is 10.2. The molecule has 84 valence electrons. The van der Waals surface area contributed by atoms with E-state index < -0.39 is 0 Å². The van der Waals surface area contributed by atoms with Crippen LogP contribution in [0.25, 0.3) is 0 Å². The van der Waals surface area contributed by atoms with Crippen molar-refractivity contribution in [3.8, 4) is 6.08 Å². The lowest BCUT2D eigenvalue weighted by Gasteiger charge is -2.12. The van der Waals surface area contributed by atoms with Gasteiger partial charge in [0.25, 0.3) is 0 Å². The van der Waals surface area contributed by atoms with Crippen LogP contribution in [-0.2, 0) is 6.54 Å². The van der Waals surface area contributed by atoms with Gasteiger partial charge in [0.1, 0.15) is 12.4 Å². The van der Waals surface area contributed by atoms with Crippen LogP contribution in [0.15, 0.2) is 10.7 Å². The van der Waals surface area contributed by atoms with Crippen molar-refractivity contribution in [3.63, 3.8) is 0 Å². The van der Waals surface area contributed by atoms with Crippen molar-refractivity contribution in [2.45, 2.75) is 51.2 Å². The molecular weight excluding hydrogens is 192 g/mol. The first-order valence-corrected chi connectivity index (χ1v) is 5.69. The van der Waals surface area contributed by atoms with Gasteiger partial charge in [-0.05, 0) is 25.7 Å². The van der Waals surface area contributed by atoms with E-state index in [2.05, 4.69) is 4.98 Å². The van der Waals surface area contributed by atoms with Crippen molar-refractivity contribution >= 4 is 0 Å². The molecule has 2 rings (SSSR count). The maximum atomic E-state index is 5.68. The molecule has 4 heteroatoms. The number of ether oxygens (including phenoxy) is 1. The van der Waals surface area contributed by atoms with E-state index in [0.29, 0.717) is 12.6 Å². The van der Waals surface area contributed by atoms with Crippen molar-refractivity contribution in [2.75, 3.05) is 0 Å². The Bertz CT molecular complexity index is 291. The Balaban J connectivity index is 1.89. The molecule has 4 nitrogen and oxygen atoms in total. The van der Waals surface area contributed by atoms with Gasteiger partial charge >= 0.3 is 6.08 Å². The molecule has 0 atom stereocenters. The fourth-order valence-electron chi connectivity index (χ4n) is 1.94. The molecule has 1 fully saturated rings. The van der Waals surface area contributed by atoms with E-state index in [-0.39, 0.29) is 6.10 Å². The van der Waals surface area contributed by atoms with E-state index in [0.717, 1.165) is 18.5 Å². The van der Waals surface area contributed by atoms with Crippen molar-refractivity contribution in [1.29, 1.82) is 0 Å². The first-order chi connectivity index (χ1) is 7.38. The second-order valence-electron chi connectivity index (χ2n) is 4.04. The first-order valence-electron chi connectivity index (χ1n) is 5.69. The third kappa shape index (κ3) is 2.96. The number of nitrogens with two attached hydrogens (primary N) is 1. The number of hydrogen-bond acceptors (Lipinski definition) is 4. The average Bonchev–Trinajstić information content (AvgIpc) is 2.54. The Morgan fingerprint density at radius 1 is 1.33 bits per heavy atom. The third-order valence-corrected chi connectivity index (χ3v) is 2.81. The summed E-state index contributed by atoms with van der Waals surface area (Å²) >= 11 is 0. The molecule has 1 aliphatic carbocycles. The SMILES string of the molecule is NCc1coc(OC2CCCCCC2)n1. The molecule has 0 spiro atoms. The summed E-state index contributed by atoms with van der Waals surface area (Å²) in [6.07, 6.45) is 9.56. The highest BCUT2D eigenvalue weighted by atomic mass is 16.6. The molecule has 1 heterocycles. The number of aromatic nitrogens is 1. The maximum absolute atomic E-state index is 5.68. The highest BCUT2D eigenvalue weighted by Crippen LogP contribution is 2.22. The topological polar surface area (TPSA) is 61.3 Å². The molecular formula is C11H18N2O2. The fourth-order valence-corrected chi connectivity index (χ4v) is 1.94. The summed E-state index contributed by atoms with van der Waals surface area (Å²) in [6, 6.07) is 0. The van der Waals surface area contributed by atoms with E-state index in [1.54, 1.807) is 6.26 Å². The smallest absolute Gasteiger partial charge is 0.394 e. The highest BCUT2D eigenvalue weighted by molar-refractivity contribution is 4.99. The van der Waals surface area contributed by atoms with Gasteiger partial charge in [-0.1, -0.05) is 12.8 Å². The van der Waals surface area contributed by atoms with Crippen LogP contribution in [0.4, 0.5) is 0 Å². The van der Waals surface area contributed by atoms with Gasteiger partial charge in [-0.2, -0.15) is 4.98 Å². The second-order valence-corrected chi connectivity index (χ2v) is 4.04. The Labute approximate surface area is 89.8 Å². The summed E-state index contributed by atoms with van der Waals surface area (Å²) in [5.74, 6) is 0. The maximum Gasteiger partial charge on any atom is 0.394 e. The van der Waals surface area contributed by atoms with E-state index in [4.69, 9.17) is 14.9 Å². The summed E-state index contributed by atoms with van der Waals surface area (Å²) in [7, 11) is 0. The third-order valence-electron chi connectivity index (χ3n) is 2.81. The van der Waals surface area contributed by atoms with Gasteiger partial charge in [-0.3, -0.25) is 0 Å². The van der Waals surface area contributed by atoms with Gasteiger partial charge < -0.3 is 14.9 Å². The van der Waals surface area contributed by atoms with E-state index in [1.165, 1.54) is 25.7 Å². The lowest BCUT2D eigenvalue weighted by molar-refractivity contribution is 0.133. The Morgan fingerprint density at radius 3 is 2.67 bits per heavy atom. The molecule has 0 radical (unpaired) electrons. The van der Waals surface area contributed by atoms with Crippen molar-refractivity contribution in [3.05, 3.63) is 12.0 Å². The zero-order valence-corrected chi connectivity index (χ0v) is 8.95. The van der Waals surface area contributed by atoms with Crippen LogP contribution >= 0.6 is 0 Å². The molecule has 0 aliphatic heterocycles. The Hall–Kier alpha value is -1.03. The van der Waals surface area contributed by atoms with Gasteiger partial charge in [0, 0.05) is 6.54 Å². The second kappa shape index (κ2) is 5.16. The molecule has 1 saturated carbocycles. The monoisotopic (exact) mass is 210 g/mol. The van der Waals surface area contributed by atoms with Crippen LogP contribution in [0.3, 0.4) is 0 Å². The molecule has 0 bridgehead atoms. The van der Waals surface area contributed by atoms with Crippen LogP contribution in [0.5, 0.6) is 6.08 Å². The Kier molecular flexibility index (Phi) is 3.61. The molecule has 1 aromatic heterocycles. The molecule has 0 saturated heterocycles. The molecule has 15 heavy (non-hydrogen) atoms. The van der Waals surface area contributed by atoms with Crippen LogP contribution < -0.4 is 10.5 Å². The summed E-state index contributed by atoms with van der Waals surface area (Å²) in [5, 5.41) is 0. The number of hydrogen-bond donors (Lipinski definition) is 1. The van der Waals surface area contributed by atoms with E-state index in [1.807, 2.05) is 0 Å². The van der Waals surface area contributed by atoms with Gasteiger partial charge in [-0.25, -0.2) is 0 Å². The van der Waals surface area contributed by atoms with Gasteiger partial charge in [0.15, 0.2) is 0 Å². The molecule has 1 aliphatic rings. The van der Waals surface area contributed by atoms with Crippen molar-refractivity contribution in [2.24, 2.45) is 5.73 Å². The molecule has 1 aromatic rings. The molecule has 2 N–H and O–H groups in total. The van der Waals surface area contributed by atoms with Crippen LogP contribution in [0.1, 0.15) is 44.2 Å². The average molecular weight is 210 g/mol. The number of rotatable bonds is 3. The van der Waals surface area contributed by atoms with Crippen molar-refractivity contribution < 1.29 is 9.15 Å². The standard InChI is InChI=1S/C11H18N2O2/c12-7-9-8-14-11(13-9)15-10-5-3-1-2-4-6-10/h8,10H,1-7,12H2. The lowest BCUT2D eigenvalue weighted by Crippen LogP contribution is -2.15. The van der Waals surface area contributed by atoms with Crippen LogP contribution in [0.2, 0.25) is 0 Å². The minimum Gasteiger partial charge on any atom is -0.447 e.